The average Bonchev–Trinajstić information content (AvgIpc) is 3.19. The molecule has 0 aliphatic carbocycles. The lowest BCUT2D eigenvalue weighted by atomic mass is 10.2. The normalized spacial score (nSPS) is 11.5. The van der Waals surface area contributed by atoms with E-state index in [0.717, 1.165) is 4.47 Å². The third kappa shape index (κ3) is 4.03. The van der Waals surface area contributed by atoms with E-state index in [-0.39, 0.29) is 10.6 Å². The summed E-state index contributed by atoms with van der Waals surface area (Å²) in [7, 11) is -1.21. The van der Waals surface area contributed by atoms with Gasteiger partial charge in [0.05, 0.1) is 12.0 Å². The summed E-state index contributed by atoms with van der Waals surface area (Å²) >= 11 is 0. The molecule has 0 atom stereocenters. The smallest absolute Gasteiger partial charge is 0.277 e. The molecule has 0 spiro atoms. The molecule has 1 N–H and O–H groups in total. The number of hydrogen-bond acceptors (Lipinski definition) is 7. The highest BCUT2D eigenvalue weighted by atomic mass is 32.2. The van der Waals surface area contributed by atoms with Crippen molar-refractivity contribution in [3.05, 3.63) is 60.6 Å². The van der Waals surface area contributed by atoms with E-state index in [0.29, 0.717) is 17.0 Å². The first kappa shape index (κ1) is 18.7. The summed E-state index contributed by atoms with van der Waals surface area (Å²) in [5, 5.41) is 6.37. The van der Waals surface area contributed by atoms with E-state index in [9.17, 15) is 13.2 Å². The van der Waals surface area contributed by atoms with Gasteiger partial charge in [-0.05, 0) is 36.4 Å². The van der Waals surface area contributed by atoms with Crippen molar-refractivity contribution in [2.75, 3.05) is 19.5 Å². The molecule has 0 saturated heterocycles. The molecule has 0 radical (unpaired) electrons. The predicted octanol–water partition coefficient (Wildman–Crippen LogP) is 2.17. The summed E-state index contributed by atoms with van der Waals surface area (Å²) in [6, 6.07) is 10.7. The molecule has 1 aromatic carbocycles. The van der Waals surface area contributed by atoms with Gasteiger partial charge in [-0.1, -0.05) is 9.63 Å². The van der Waals surface area contributed by atoms with E-state index >= 15 is 0 Å². The van der Waals surface area contributed by atoms with E-state index in [1.54, 1.807) is 24.5 Å². The van der Waals surface area contributed by atoms with Crippen molar-refractivity contribution in [2.45, 2.75) is 4.90 Å². The number of nitrogens with one attached hydrogen (secondary N) is 1. The van der Waals surface area contributed by atoms with E-state index < -0.39 is 15.9 Å². The number of hydrogen-bond donors (Lipinski definition) is 1. The highest BCUT2D eigenvalue weighted by Crippen LogP contribution is 2.21. The number of anilines is 1. The quantitative estimate of drug-likeness (QED) is 0.644. The number of aromatic nitrogens is 2. The Labute approximate surface area is 155 Å². The van der Waals surface area contributed by atoms with Crippen molar-refractivity contribution < 1.29 is 22.6 Å². The van der Waals surface area contributed by atoms with E-state index in [4.69, 9.17) is 9.36 Å². The first-order chi connectivity index (χ1) is 12.9. The van der Waals surface area contributed by atoms with Gasteiger partial charge in [-0.25, -0.2) is 8.42 Å². The zero-order valence-electron chi connectivity index (χ0n) is 14.5. The molecule has 3 aromatic rings. The minimum Gasteiger partial charge on any atom is -0.355 e. The maximum atomic E-state index is 12.3. The molecule has 0 bridgehead atoms. The molecule has 0 fully saturated rings. The Kier molecular flexibility index (Phi) is 5.31. The lowest BCUT2D eigenvalue weighted by Crippen LogP contribution is -2.25. The fourth-order valence-electron chi connectivity index (χ4n) is 2.18. The van der Waals surface area contributed by atoms with Gasteiger partial charge in [0.25, 0.3) is 15.9 Å². The fourth-order valence-corrected chi connectivity index (χ4v) is 3.15. The maximum absolute atomic E-state index is 12.3. The minimum atomic E-state index is -3.75. The monoisotopic (exact) mass is 388 g/mol. The van der Waals surface area contributed by atoms with Gasteiger partial charge in [0.15, 0.2) is 11.5 Å². The molecule has 2 heterocycles. The van der Waals surface area contributed by atoms with Crippen molar-refractivity contribution in [2.24, 2.45) is 0 Å². The second-order valence-electron chi connectivity index (χ2n) is 5.39. The van der Waals surface area contributed by atoms with Crippen molar-refractivity contribution in [1.29, 1.82) is 0 Å². The molecule has 10 heteroatoms. The van der Waals surface area contributed by atoms with Crippen LogP contribution in [-0.4, -0.2) is 43.1 Å². The van der Waals surface area contributed by atoms with Crippen molar-refractivity contribution in [3.63, 3.8) is 0 Å². The zero-order valence-corrected chi connectivity index (χ0v) is 15.3. The van der Waals surface area contributed by atoms with Gasteiger partial charge in [0, 0.05) is 36.8 Å². The third-order valence-electron chi connectivity index (χ3n) is 3.69. The molecule has 27 heavy (non-hydrogen) atoms. The molecule has 2 aromatic heterocycles. The number of carbonyl (C=O) groups is 1. The molecular weight excluding hydrogens is 372 g/mol. The summed E-state index contributed by atoms with van der Waals surface area (Å²) < 4.78 is 30.2. The molecule has 0 aliphatic rings. The Morgan fingerprint density at radius 1 is 1.22 bits per heavy atom. The molecule has 0 unspecified atom stereocenters. The van der Waals surface area contributed by atoms with Gasteiger partial charge in [-0.2, -0.15) is 0 Å². The molecular formula is C17H16N4O5S. The first-order valence-corrected chi connectivity index (χ1v) is 9.17. The average molecular weight is 388 g/mol. The number of hydroxylamine groups is 1. The molecule has 140 valence electrons. The van der Waals surface area contributed by atoms with Crippen LogP contribution in [0.5, 0.6) is 0 Å². The molecule has 9 nitrogen and oxygen atoms in total. The van der Waals surface area contributed by atoms with Crippen LogP contribution in [-0.2, 0) is 14.9 Å². The highest BCUT2D eigenvalue weighted by Gasteiger charge is 2.21. The van der Waals surface area contributed by atoms with Crippen LogP contribution in [0, 0.1) is 0 Å². The second-order valence-corrected chi connectivity index (χ2v) is 7.33. The van der Waals surface area contributed by atoms with Gasteiger partial charge in [0.1, 0.15) is 0 Å². The Balaban J connectivity index is 1.73. The van der Waals surface area contributed by atoms with Crippen LogP contribution in [0.2, 0.25) is 0 Å². The molecule has 3 rings (SSSR count). The number of carbonyl (C=O) groups excluding carboxylic acids is 1. The van der Waals surface area contributed by atoms with E-state index in [2.05, 4.69) is 15.5 Å². The van der Waals surface area contributed by atoms with Crippen LogP contribution in [0.25, 0.3) is 11.3 Å². The lowest BCUT2D eigenvalue weighted by Gasteiger charge is -2.14. The van der Waals surface area contributed by atoms with Crippen LogP contribution in [0.1, 0.15) is 10.5 Å². The minimum absolute atomic E-state index is 0.0325. The highest BCUT2D eigenvalue weighted by molar-refractivity contribution is 7.89. The Hall–Kier alpha value is -3.08. The lowest BCUT2D eigenvalue weighted by molar-refractivity contribution is -0.0258. The Morgan fingerprint density at radius 2 is 1.96 bits per heavy atom. The number of amides is 1. The van der Waals surface area contributed by atoms with Crippen LogP contribution < -0.4 is 5.32 Å². The molecule has 0 aliphatic heterocycles. The molecule has 1 amide bonds. The SMILES string of the molecule is CON(C)S(=O)(=O)c1ccc(NC(=O)c2cc(-c3cccnc3)on2)cc1. The fraction of sp³-hybridized carbons (Fsp3) is 0.118. The summed E-state index contributed by atoms with van der Waals surface area (Å²) in [6.07, 6.45) is 3.22. The Morgan fingerprint density at radius 3 is 2.59 bits per heavy atom. The standard InChI is InChI=1S/C17H16N4O5S/c1-21(25-2)27(23,24)14-7-5-13(6-8-14)19-17(22)15-10-16(26-20-15)12-4-3-9-18-11-12/h3-11H,1-2H3,(H,19,22). The number of rotatable bonds is 6. The summed E-state index contributed by atoms with van der Waals surface area (Å²) in [4.78, 5) is 21.0. The van der Waals surface area contributed by atoms with Gasteiger partial charge >= 0.3 is 0 Å². The van der Waals surface area contributed by atoms with Crippen molar-refractivity contribution in [3.8, 4) is 11.3 Å². The van der Waals surface area contributed by atoms with Crippen molar-refractivity contribution in [1.82, 2.24) is 14.6 Å². The third-order valence-corrected chi connectivity index (χ3v) is 5.39. The van der Waals surface area contributed by atoms with Gasteiger partial charge in [-0.3, -0.25) is 14.6 Å². The van der Waals surface area contributed by atoms with E-state index in [1.165, 1.54) is 44.5 Å². The Bertz CT molecular complexity index is 1030. The van der Waals surface area contributed by atoms with Gasteiger partial charge in [0.2, 0.25) is 0 Å². The number of pyridine rings is 1. The number of nitrogens with zero attached hydrogens (tertiary/aromatic N) is 3. The summed E-state index contributed by atoms with van der Waals surface area (Å²) in [5.41, 5.74) is 1.19. The predicted molar refractivity (Wildman–Crippen MR) is 96.1 cm³/mol. The second kappa shape index (κ2) is 7.66. The van der Waals surface area contributed by atoms with E-state index in [1.807, 2.05) is 0 Å². The van der Waals surface area contributed by atoms with Crippen LogP contribution >= 0.6 is 0 Å². The number of sulfonamides is 1. The van der Waals surface area contributed by atoms with Gasteiger partial charge in [-0.15, -0.1) is 0 Å². The van der Waals surface area contributed by atoms with Gasteiger partial charge < -0.3 is 9.84 Å². The van der Waals surface area contributed by atoms with Crippen molar-refractivity contribution >= 4 is 21.6 Å². The first-order valence-electron chi connectivity index (χ1n) is 7.73. The largest absolute Gasteiger partial charge is 0.355 e. The maximum Gasteiger partial charge on any atom is 0.277 e. The summed E-state index contributed by atoms with van der Waals surface area (Å²) in [5.74, 6) is -0.0733. The summed E-state index contributed by atoms with van der Waals surface area (Å²) in [6.45, 7) is 0. The molecule has 0 saturated carbocycles. The van der Waals surface area contributed by atoms with Crippen LogP contribution in [0.15, 0.2) is 64.3 Å². The number of benzene rings is 1. The zero-order chi connectivity index (χ0) is 19.4. The topological polar surface area (TPSA) is 115 Å². The van der Waals surface area contributed by atoms with Crippen LogP contribution in [0.3, 0.4) is 0 Å². The van der Waals surface area contributed by atoms with Crippen LogP contribution in [0.4, 0.5) is 5.69 Å².